The highest BCUT2D eigenvalue weighted by atomic mass is 32.1. The standard InChI is InChI=1S/C27H28N2O5S/c1-14-6-11-20(15(2)12-14)24(27(32)33-5)28-21-13-22(35-25(21)26(30)31)18-7-9-19(10-8-18)23-16(3)29-34-17(23)4/h6-13,24,27-28,32H,1-5H3,(H,30,31). The van der Waals surface area contributed by atoms with Gasteiger partial charge in [0.1, 0.15) is 16.7 Å². The number of hydrogen-bond acceptors (Lipinski definition) is 7. The zero-order chi connectivity index (χ0) is 25.3. The molecule has 3 N–H and O–H groups in total. The van der Waals surface area contributed by atoms with Crippen LogP contribution in [-0.4, -0.2) is 34.7 Å². The van der Waals surface area contributed by atoms with Gasteiger partial charge < -0.3 is 24.8 Å². The molecule has 0 aliphatic rings. The zero-order valence-corrected chi connectivity index (χ0v) is 21.1. The van der Waals surface area contributed by atoms with Crippen molar-refractivity contribution in [3.63, 3.8) is 0 Å². The van der Waals surface area contributed by atoms with Gasteiger partial charge in [0.15, 0.2) is 6.29 Å². The van der Waals surface area contributed by atoms with Gasteiger partial charge in [0, 0.05) is 17.6 Å². The number of carboxylic acid groups (broad SMARTS) is 1. The summed E-state index contributed by atoms with van der Waals surface area (Å²) in [6.07, 6.45) is -1.17. The van der Waals surface area contributed by atoms with Gasteiger partial charge in [-0.05, 0) is 56.0 Å². The molecule has 0 spiro atoms. The molecule has 2 atom stereocenters. The van der Waals surface area contributed by atoms with Crippen molar-refractivity contribution in [1.29, 1.82) is 0 Å². The number of aliphatic hydroxyl groups excluding tert-OH is 1. The first-order chi connectivity index (χ1) is 16.7. The van der Waals surface area contributed by atoms with Crippen LogP contribution in [0.1, 0.15) is 43.9 Å². The van der Waals surface area contributed by atoms with Gasteiger partial charge in [-0.2, -0.15) is 0 Å². The molecule has 0 saturated carbocycles. The maximum atomic E-state index is 12.1. The normalized spacial score (nSPS) is 13.0. The molecule has 0 saturated heterocycles. The molecule has 2 heterocycles. The van der Waals surface area contributed by atoms with E-state index in [0.717, 1.165) is 49.7 Å². The van der Waals surface area contributed by atoms with Crippen LogP contribution in [0.3, 0.4) is 0 Å². The number of aromatic carboxylic acids is 1. The number of rotatable bonds is 8. The van der Waals surface area contributed by atoms with Crippen molar-refractivity contribution in [3.05, 3.63) is 81.6 Å². The Bertz CT molecular complexity index is 1340. The van der Waals surface area contributed by atoms with Crippen LogP contribution in [-0.2, 0) is 4.74 Å². The average Bonchev–Trinajstić information content (AvgIpc) is 3.40. The second-order valence-corrected chi connectivity index (χ2v) is 9.60. The van der Waals surface area contributed by atoms with Gasteiger partial charge in [0.2, 0.25) is 0 Å². The van der Waals surface area contributed by atoms with Gasteiger partial charge in [0.25, 0.3) is 0 Å². The summed E-state index contributed by atoms with van der Waals surface area (Å²) in [7, 11) is 1.42. The number of nitrogens with zero attached hydrogens (tertiary/aromatic N) is 1. The van der Waals surface area contributed by atoms with E-state index in [0.29, 0.717) is 5.69 Å². The summed E-state index contributed by atoms with van der Waals surface area (Å²) < 4.78 is 10.5. The quantitative estimate of drug-likeness (QED) is 0.255. The predicted molar refractivity (Wildman–Crippen MR) is 137 cm³/mol. The number of aliphatic hydroxyl groups is 1. The van der Waals surface area contributed by atoms with Gasteiger partial charge in [-0.25, -0.2) is 4.79 Å². The number of anilines is 1. The fraction of sp³-hybridized carbons (Fsp3) is 0.259. The topological polar surface area (TPSA) is 105 Å². The van der Waals surface area contributed by atoms with E-state index in [-0.39, 0.29) is 4.88 Å². The first-order valence-corrected chi connectivity index (χ1v) is 12.0. The Hall–Kier alpha value is -3.46. The molecule has 2 unspecified atom stereocenters. The summed E-state index contributed by atoms with van der Waals surface area (Å²) in [6.45, 7) is 7.73. The third-order valence-corrected chi connectivity index (χ3v) is 7.19. The molecule has 182 valence electrons. The molecule has 4 rings (SSSR count). The van der Waals surface area contributed by atoms with Crippen molar-refractivity contribution in [2.45, 2.75) is 40.0 Å². The lowest BCUT2D eigenvalue weighted by Gasteiger charge is -2.26. The van der Waals surface area contributed by atoms with Gasteiger partial charge in [-0.3, -0.25) is 0 Å². The van der Waals surface area contributed by atoms with Crippen molar-refractivity contribution in [2.75, 3.05) is 12.4 Å². The third-order valence-electron chi connectivity index (χ3n) is 6.02. The lowest BCUT2D eigenvalue weighted by molar-refractivity contribution is -0.0860. The number of hydrogen-bond donors (Lipinski definition) is 3. The SMILES string of the molecule is COC(O)C(Nc1cc(-c2ccc(-c3c(C)noc3C)cc2)sc1C(=O)O)c1ccc(C)cc1C. The molecule has 0 fully saturated rings. The fourth-order valence-electron chi connectivity index (χ4n) is 4.28. The molecule has 0 amide bonds. The number of carbonyl (C=O) groups is 1. The molecule has 8 heteroatoms. The number of aryl methyl sites for hydroxylation is 4. The van der Waals surface area contributed by atoms with E-state index in [1.165, 1.54) is 18.4 Å². The molecule has 0 aliphatic carbocycles. The number of benzene rings is 2. The second kappa shape index (κ2) is 10.0. The summed E-state index contributed by atoms with van der Waals surface area (Å²) in [5.74, 6) is -0.289. The van der Waals surface area contributed by atoms with E-state index in [4.69, 9.17) is 9.26 Å². The van der Waals surface area contributed by atoms with Crippen LogP contribution in [0.25, 0.3) is 21.6 Å². The molecule has 4 aromatic rings. The Labute approximate surface area is 208 Å². The minimum atomic E-state index is -1.17. The van der Waals surface area contributed by atoms with E-state index in [1.54, 1.807) is 6.07 Å². The molecule has 0 radical (unpaired) electrons. The van der Waals surface area contributed by atoms with E-state index in [1.807, 2.05) is 70.2 Å². The van der Waals surface area contributed by atoms with Crippen LogP contribution in [0.15, 0.2) is 53.1 Å². The summed E-state index contributed by atoms with van der Waals surface area (Å²) in [4.78, 5) is 13.0. The van der Waals surface area contributed by atoms with Gasteiger partial charge >= 0.3 is 5.97 Å². The van der Waals surface area contributed by atoms with Crippen LogP contribution >= 0.6 is 11.3 Å². The summed E-state index contributed by atoms with van der Waals surface area (Å²) in [5.41, 5.74) is 6.97. The Morgan fingerprint density at radius 1 is 1.06 bits per heavy atom. The van der Waals surface area contributed by atoms with Crippen molar-refractivity contribution in [1.82, 2.24) is 5.16 Å². The number of ether oxygens (including phenoxy) is 1. The van der Waals surface area contributed by atoms with Crippen LogP contribution in [0.5, 0.6) is 0 Å². The van der Waals surface area contributed by atoms with Crippen molar-refractivity contribution in [3.8, 4) is 21.6 Å². The van der Waals surface area contributed by atoms with E-state index >= 15 is 0 Å². The summed E-state index contributed by atoms with van der Waals surface area (Å²) >= 11 is 1.18. The smallest absolute Gasteiger partial charge is 0.348 e. The third kappa shape index (κ3) is 5.00. The van der Waals surface area contributed by atoms with Crippen LogP contribution < -0.4 is 5.32 Å². The number of methoxy groups -OCH3 is 1. The first-order valence-electron chi connectivity index (χ1n) is 11.1. The van der Waals surface area contributed by atoms with E-state index < -0.39 is 18.3 Å². The highest BCUT2D eigenvalue weighted by molar-refractivity contribution is 7.18. The van der Waals surface area contributed by atoms with Crippen molar-refractivity contribution in [2.24, 2.45) is 0 Å². The molecule has 2 aromatic heterocycles. The zero-order valence-electron chi connectivity index (χ0n) is 20.2. The number of thiophene rings is 1. The molecular formula is C27H28N2O5S. The number of aromatic nitrogens is 1. The molecule has 0 aliphatic heterocycles. The molecule has 7 nitrogen and oxygen atoms in total. The fourth-order valence-corrected chi connectivity index (χ4v) is 5.24. The second-order valence-electron chi connectivity index (χ2n) is 8.54. The van der Waals surface area contributed by atoms with Crippen molar-refractivity contribution < 1.29 is 24.3 Å². The minimum Gasteiger partial charge on any atom is -0.477 e. The Balaban J connectivity index is 1.69. The predicted octanol–water partition coefficient (Wildman–Crippen LogP) is 6.12. The summed E-state index contributed by atoms with van der Waals surface area (Å²) in [6, 6.07) is 14.9. The molecule has 35 heavy (non-hydrogen) atoms. The average molecular weight is 493 g/mol. The minimum absolute atomic E-state index is 0.160. The summed E-state index contributed by atoms with van der Waals surface area (Å²) in [5, 5.41) is 27.7. The molecular weight excluding hydrogens is 464 g/mol. The van der Waals surface area contributed by atoms with Crippen molar-refractivity contribution >= 4 is 23.0 Å². The van der Waals surface area contributed by atoms with Crippen LogP contribution in [0.2, 0.25) is 0 Å². The van der Waals surface area contributed by atoms with Gasteiger partial charge in [-0.15, -0.1) is 11.3 Å². The number of nitrogens with one attached hydrogen (secondary N) is 1. The highest BCUT2D eigenvalue weighted by Crippen LogP contribution is 2.38. The van der Waals surface area contributed by atoms with Gasteiger partial charge in [0.05, 0.1) is 11.4 Å². The maximum absolute atomic E-state index is 12.1. The van der Waals surface area contributed by atoms with E-state index in [9.17, 15) is 15.0 Å². The lowest BCUT2D eigenvalue weighted by Crippen LogP contribution is -2.28. The lowest BCUT2D eigenvalue weighted by atomic mass is 9.98. The Morgan fingerprint density at radius 2 is 1.74 bits per heavy atom. The molecule has 2 aromatic carbocycles. The van der Waals surface area contributed by atoms with Crippen LogP contribution in [0, 0.1) is 27.7 Å². The van der Waals surface area contributed by atoms with E-state index in [2.05, 4.69) is 10.5 Å². The van der Waals surface area contributed by atoms with Gasteiger partial charge in [-0.1, -0.05) is 53.2 Å². The maximum Gasteiger partial charge on any atom is 0.348 e. The Morgan fingerprint density at radius 3 is 2.31 bits per heavy atom. The first kappa shape index (κ1) is 24.7. The number of carboxylic acids is 1. The Kier molecular flexibility index (Phi) is 7.07. The highest BCUT2D eigenvalue weighted by Gasteiger charge is 2.26. The molecule has 0 bridgehead atoms. The van der Waals surface area contributed by atoms with Crippen LogP contribution in [0.4, 0.5) is 5.69 Å². The largest absolute Gasteiger partial charge is 0.477 e. The monoisotopic (exact) mass is 492 g/mol.